The van der Waals surface area contributed by atoms with E-state index in [9.17, 15) is 4.79 Å². The van der Waals surface area contributed by atoms with Gasteiger partial charge in [-0.05, 0) is 30.0 Å². The monoisotopic (exact) mass is 222 g/mol. The summed E-state index contributed by atoms with van der Waals surface area (Å²) in [6.45, 7) is 4.30. The average molecular weight is 222 g/mol. The van der Waals surface area contributed by atoms with E-state index in [1.165, 1.54) is 12.7 Å². The Bertz CT molecular complexity index is 345. The summed E-state index contributed by atoms with van der Waals surface area (Å²) in [6.07, 6.45) is 1.01. The average Bonchev–Trinajstić information content (AvgIpc) is 2.25. The molecule has 0 N–H and O–H groups in total. The zero-order valence-electron chi connectivity index (χ0n) is 10.0. The standard InChI is InChI=1S/C13H18O3/c1-10(2)7-11-5-4-6-12(8-11)16-9-13(14)15-3/h4-6,8,10H,7,9H2,1-3H3. The first-order valence-corrected chi connectivity index (χ1v) is 5.40. The molecule has 0 radical (unpaired) electrons. The van der Waals surface area contributed by atoms with Gasteiger partial charge in [0.2, 0.25) is 0 Å². The maximum Gasteiger partial charge on any atom is 0.343 e. The molecule has 0 amide bonds. The van der Waals surface area contributed by atoms with Crippen molar-refractivity contribution in [2.75, 3.05) is 13.7 Å². The number of hydrogen-bond acceptors (Lipinski definition) is 3. The van der Waals surface area contributed by atoms with Gasteiger partial charge in [-0.3, -0.25) is 0 Å². The number of methoxy groups -OCH3 is 1. The first-order chi connectivity index (χ1) is 7.61. The molecule has 1 rings (SSSR count). The van der Waals surface area contributed by atoms with Crippen molar-refractivity contribution < 1.29 is 14.3 Å². The van der Waals surface area contributed by atoms with Crippen LogP contribution in [0.4, 0.5) is 0 Å². The molecule has 0 unspecified atom stereocenters. The van der Waals surface area contributed by atoms with Gasteiger partial charge in [0.1, 0.15) is 5.75 Å². The van der Waals surface area contributed by atoms with Crippen LogP contribution in [0.1, 0.15) is 19.4 Å². The third kappa shape index (κ3) is 4.34. The molecule has 0 aliphatic heterocycles. The van der Waals surface area contributed by atoms with Gasteiger partial charge in [-0.25, -0.2) is 4.79 Å². The highest BCUT2D eigenvalue weighted by atomic mass is 16.6. The fourth-order valence-corrected chi connectivity index (χ4v) is 1.43. The highest BCUT2D eigenvalue weighted by molar-refractivity contribution is 5.70. The zero-order chi connectivity index (χ0) is 12.0. The Hall–Kier alpha value is -1.51. The molecule has 88 valence electrons. The molecule has 0 aliphatic carbocycles. The molecule has 3 heteroatoms. The third-order valence-electron chi connectivity index (χ3n) is 2.13. The molecule has 0 aromatic heterocycles. The van der Waals surface area contributed by atoms with Crippen molar-refractivity contribution in [1.29, 1.82) is 0 Å². The van der Waals surface area contributed by atoms with Crippen LogP contribution in [0.25, 0.3) is 0 Å². The van der Waals surface area contributed by atoms with Crippen molar-refractivity contribution in [3.8, 4) is 5.75 Å². The van der Waals surface area contributed by atoms with Gasteiger partial charge in [0.05, 0.1) is 7.11 Å². The lowest BCUT2D eigenvalue weighted by molar-refractivity contribution is -0.142. The second-order valence-electron chi connectivity index (χ2n) is 4.11. The minimum atomic E-state index is -0.366. The van der Waals surface area contributed by atoms with E-state index in [0.29, 0.717) is 11.7 Å². The fraction of sp³-hybridized carbons (Fsp3) is 0.462. The maximum absolute atomic E-state index is 10.9. The Balaban J connectivity index is 2.56. The van der Waals surface area contributed by atoms with Crippen molar-refractivity contribution in [1.82, 2.24) is 0 Å². The van der Waals surface area contributed by atoms with Crippen LogP contribution in [0, 0.1) is 5.92 Å². The van der Waals surface area contributed by atoms with Crippen LogP contribution in [-0.4, -0.2) is 19.7 Å². The van der Waals surface area contributed by atoms with Gasteiger partial charge in [0.25, 0.3) is 0 Å². The second-order valence-corrected chi connectivity index (χ2v) is 4.11. The summed E-state index contributed by atoms with van der Waals surface area (Å²) in [6, 6.07) is 7.80. The lowest BCUT2D eigenvalue weighted by atomic mass is 10.0. The van der Waals surface area contributed by atoms with E-state index in [-0.39, 0.29) is 12.6 Å². The SMILES string of the molecule is COC(=O)COc1cccc(CC(C)C)c1. The Morgan fingerprint density at radius 3 is 2.75 bits per heavy atom. The van der Waals surface area contributed by atoms with Gasteiger partial charge >= 0.3 is 5.97 Å². The van der Waals surface area contributed by atoms with E-state index in [1.54, 1.807) is 0 Å². The molecule has 0 spiro atoms. The van der Waals surface area contributed by atoms with E-state index >= 15 is 0 Å². The van der Waals surface area contributed by atoms with Crippen molar-refractivity contribution >= 4 is 5.97 Å². The first-order valence-electron chi connectivity index (χ1n) is 5.40. The summed E-state index contributed by atoms with van der Waals surface area (Å²) in [7, 11) is 1.35. The summed E-state index contributed by atoms with van der Waals surface area (Å²) in [5.41, 5.74) is 1.22. The zero-order valence-corrected chi connectivity index (χ0v) is 10.0. The third-order valence-corrected chi connectivity index (χ3v) is 2.13. The molecule has 0 bridgehead atoms. The highest BCUT2D eigenvalue weighted by Gasteiger charge is 2.03. The predicted octanol–water partition coefficient (Wildman–Crippen LogP) is 2.44. The first kappa shape index (κ1) is 12.6. The van der Waals surface area contributed by atoms with Gasteiger partial charge in [0, 0.05) is 0 Å². The molecular formula is C13H18O3. The number of benzene rings is 1. The second kappa shape index (κ2) is 6.16. The Morgan fingerprint density at radius 2 is 2.12 bits per heavy atom. The molecule has 3 nitrogen and oxygen atoms in total. The van der Waals surface area contributed by atoms with E-state index in [0.717, 1.165) is 6.42 Å². The number of rotatable bonds is 5. The van der Waals surface area contributed by atoms with E-state index in [2.05, 4.69) is 24.7 Å². The quantitative estimate of drug-likeness (QED) is 0.718. The molecule has 0 heterocycles. The lowest BCUT2D eigenvalue weighted by Crippen LogP contribution is -2.12. The van der Waals surface area contributed by atoms with Gasteiger partial charge in [-0.15, -0.1) is 0 Å². The van der Waals surface area contributed by atoms with Crippen LogP contribution in [0.3, 0.4) is 0 Å². The summed E-state index contributed by atoms with van der Waals surface area (Å²) in [5.74, 6) is 0.952. The van der Waals surface area contributed by atoms with E-state index < -0.39 is 0 Å². The van der Waals surface area contributed by atoms with Crippen LogP contribution in [0.5, 0.6) is 5.75 Å². The summed E-state index contributed by atoms with van der Waals surface area (Å²) < 4.78 is 9.81. The van der Waals surface area contributed by atoms with Crippen LogP contribution < -0.4 is 4.74 Å². The Kier molecular flexibility index (Phi) is 4.83. The minimum Gasteiger partial charge on any atom is -0.482 e. The van der Waals surface area contributed by atoms with E-state index in [4.69, 9.17) is 4.74 Å². The fourth-order valence-electron chi connectivity index (χ4n) is 1.43. The van der Waals surface area contributed by atoms with Gasteiger partial charge < -0.3 is 9.47 Å². The van der Waals surface area contributed by atoms with Crippen LogP contribution in [0.15, 0.2) is 24.3 Å². The van der Waals surface area contributed by atoms with Crippen LogP contribution in [-0.2, 0) is 16.0 Å². The van der Waals surface area contributed by atoms with Crippen LogP contribution in [0.2, 0.25) is 0 Å². The predicted molar refractivity (Wildman–Crippen MR) is 62.5 cm³/mol. The van der Waals surface area contributed by atoms with Gasteiger partial charge in [-0.1, -0.05) is 26.0 Å². The molecule has 1 aromatic carbocycles. The molecule has 16 heavy (non-hydrogen) atoms. The number of esters is 1. The van der Waals surface area contributed by atoms with Crippen molar-refractivity contribution in [2.45, 2.75) is 20.3 Å². The van der Waals surface area contributed by atoms with Gasteiger partial charge in [-0.2, -0.15) is 0 Å². The Morgan fingerprint density at radius 1 is 1.38 bits per heavy atom. The lowest BCUT2D eigenvalue weighted by Gasteiger charge is -2.08. The maximum atomic E-state index is 10.9. The normalized spacial score (nSPS) is 10.2. The van der Waals surface area contributed by atoms with Gasteiger partial charge in [0.15, 0.2) is 6.61 Å². The molecule has 0 saturated heterocycles. The number of hydrogen-bond donors (Lipinski definition) is 0. The molecule has 0 fully saturated rings. The van der Waals surface area contributed by atoms with Crippen LogP contribution >= 0.6 is 0 Å². The summed E-state index contributed by atoms with van der Waals surface area (Å²) in [4.78, 5) is 10.9. The minimum absolute atomic E-state index is 0.0400. The molecule has 1 aromatic rings. The molecular weight excluding hydrogens is 204 g/mol. The summed E-state index contributed by atoms with van der Waals surface area (Å²) >= 11 is 0. The molecule has 0 aliphatic rings. The molecule has 0 saturated carbocycles. The topological polar surface area (TPSA) is 35.5 Å². The molecule has 0 atom stereocenters. The number of carbonyl (C=O) groups excluding carboxylic acids is 1. The Labute approximate surface area is 96.4 Å². The number of ether oxygens (including phenoxy) is 2. The van der Waals surface area contributed by atoms with Crippen molar-refractivity contribution in [3.63, 3.8) is 0 Å². The van der Waals surface area contributed by atoms with E-state index in [1.807, 2.05) is 18.2 Å². The highest BCUT2D eigenvalue weighted by Crippen LogP contribution is 2.16. The largest absolute Gasteiger partial charge is 0.482 e. The number of carbonyl (C=O) groups is 1. The van der Waals surface area contributed by atoms with Crippen molar-refractivity contribution in [3.05, 3.63) is 29.8 Å². The summed E-state index contributed by atoms with van der Waals surface area (Å²) in [5, 5.41) is 0. The smallest absolute Gasteiger partial charge is 0.343 e. The van der Waals surface area contributed by atoms with Crippen molar-refractivity contribution in [2.24, 2.45) is 5.92 Å².